The molecule has 0 aliphatic carbocycles. The highest BCUT2D eigenvalue weighted by Gasteiger charge is 2.16. The van der Waals surface area contributed by atoms with Gasteiger partial charge in [-0.1, -0.05) is 70.1 Å². The molecule has 1 aromatic carbocycles. The zero-order valence-corrected chi connectivity index (χ0v) is 23.1. The first-order valence-electron chi connectivity index (χ1n) is 13.1. The Labute approximate surface area is 217 Å². The van der Waals surface area contributed by atoms with Gasteiger partial charge in [0.25, 0.3) is 10.1 Å². The Hall–Kier alpha value is -2.01. The van der Waals surface area contributed by atoms with Gasteiger partial charge in [-0.05, 0) is 51.2 Å². The molecule has 0 radical (unpaired) electrons. The summed E-state index contributed by atoms with van der Waals surface area (Å²) >= 11 is 0. The maximum Gasteiger partial charge on any atom is 0.294 e. The molecular formula is C26H48N4O5S. The van der Waals surface area contributed by atoms with Crippen LogP contribution in [-0.2, 0) is 19.7 Å². The second-order valence-corrected chi connectivity index (χ2v) is 10.6. The molecule has 2 unspecified atom stereocenters. The normalized spacial score (nSPS) is 12.7. The summed E-state index contributed by atoms with van der Waals surface area (Å²) in [6, 6.07) is 4.95. The molecule has 0 saturated heterocycles. The molecular weight excluding hydrogens is 480 g/mol. The van der Waals surface area contributed by atoms with Gasteiger partial charge in [0.15, 0.2) is 0 Å². The topological polar surface area (TPSA) is 165 Å². The highest BCUT2D eigenvalue weighted by Crippen LogP contribution is 2.08. The third kappa shape index (κ3) is 17.4. The smallest absolute Gasteiger partial charge is 0.294 e. The van der Waals surface area contributed by atoms with Crippen LogP contribution >= 0.6 is 0 Å². The van der Waals surface area contributed by atoms with E-state index in [0.29, 0.717) is 32.4 Å². The zero-order valence-electron chi connectivity index (χ0n) is 22.3. The first-order chi connectivity index (χ1) is 17.0. The molecule has 36 heavy (non-hydrogen) atoms. The van der Waals surface area contributed by atoms with Crippen LogP contribution in [0.2, 0.25) is 0 Å². The number of nitrogens with two attached hydrogens (primary N) is 2. The van der Waals surface area contributed by atoms with Crippen molar-refractivity contribution in [3.8, 4) is 0 Å². The molecule has 0 bridgehead atoms. The van der Waals surface area contributed by atoms with Crippen LogP contribution in [0.5, 0.6) is 0 Å². The molecule has 2 amide bonds. The van der Waals surface area contributed by atoms with Crippen molar-refractivity contribution in [3.05, 3.63) is 29.8 Å². The third-order valence-electron chi connectivity index (χ3n) is 5.68. The summed E-state index contributed by atoms with van der Waals surface area (Å²) in [6.07, 6.45) is 10.8. The fourth-order valence-corrected chi connectivity index (χ4v) is 3.80. The van der Waals surface area contributed by atoms with Crippen molar-refractivity contribution < 1.29 is 22.6 Å². The lowest BCUT2D eigenvalue weighted by atomic mass is 10.1. The van der Waals surface area contributed by atoms with E-state index in [9.17, 15) is 18.0 Å². The molecule has 208 valence electrons. The Morgan fingerprint density at radius 1 is 0.778 bits per heavy atom. The van der Waals surface area contributed by atoms with Crippen LogP contribution in [0.3, 0.4) is 0 Å². The van der Waals surface area contributed by atoms with E-state index >= 15 is 0 Å². The maximum absolute atomic E-state index is 11.9. The van der Waals surface area contributed by atoms with Crippen LogP contribution in [-0.4, -0.2) is 50.0 Å². The van der Waals surface area contributed by atoms with Crippen molar-refractivity contribution in [3.63, 3.8) is 0 Å². The average Bonchev–Trinajstić information content (AvgIpc) is 2.83. The van der Waals surface area contributed by atoms with Crippen molar-refractivity contribution in [2.75, 3.05) is 13.1 Å². The SMILES string of the molecule is CCCCCCNC(=O)C(N)CCCC(N)C(=O)NCCCCCC.Cc1ccc(S(=O)(=O)O)cc1. The summed E-state index contributed by atoms with van der Waals surface area (Å²) in [7, 11) is -4.02. The van der Waals surface area contributed by atoms with Crippen LogP contribution in [0.25, 0.3) is 0 Å². The molecule has 0 fully saturated rings. The molecule has 0 aliphatic heterocycles. The number of rotatable bonds is 17. The lowest BCUT2D eigenvalue weighted by molar-refractivity contribution is -0.122. The van der Waals surface area contributed by atoms with Gasteiger partial charge < -0.3 is 22.1 Å². The van der Waals surface area contributed by atoms with Gasteiger partial charge in [-0.25, -0.2) is 0 Å². The number of amides is 2. The van der Waals surface area contributed by atoms with Crippen LogP contribution in [0.15, 0.2) is 29.2 Å². The van der Waals surface area contributed by atoms with E-state index in [0.717, 1.165) is 31.2 Å². The summed E-state index contributed by atoms with van der Waals surface area (Å²) in [5.41, 5.74) is 12.7. The van der Waals surface area contributed by atoms with Crippen molar-refractivity contribution in [2.24, 2.45) is 11.5 Å². The number of hydrogen-bond donors (Lipinski definition) is 5. The predicted octanol–water partition coefficient (Wildman–Crippen LogP) is 3.45. The van der Waals surface area contributed by atoms with E-state index < -0.39 is 22.2 Å². The number of nitrogens with one attached hydrogen (secondary N) is 2. The lowest BCUT2D eigenvalue weighted by Gasteiger charge is -2.15. The van der Waals surface area contributed by atoms with Crippen LogP contribution in [0.1, 0.15) is 90.0 Å². The van der Waals surface area contributed by atoms with E-state index in [1.54, 1.807) is 12.1 Å². The van der Waals surface area contributed by atoms with E-state index in [-0.39, 0.29) is 16.7 Å². The number of carbonyl (C=O) groups is 2. The van der Waals surface area contributed by atoms with Crippen LogP contribution in [0.4, 0.5) is 0 Å². The maximum atomic E-state index is 11.9. The molecule has 10 heteroatoms. The molecule has 2 atom stereocenters. The zero-order chi connectivity index (χ0) is 27.4. The molecule has 1 rings (SSSR count). The number of aryl methyl sites for hydroxylation is 1. The number of hydrogen-bond acceptors (Lipinski definition) is 6. The van der Waals surface area contributed by atoms with Crippen LogP contribution in [0, 0.1) is 6.92 Å². The highest BCUT2D eigenvalue weighted by atomic mass is 32.2. The summed E-state index contributed by atoms with van der Waals surface area (Å²) in [5, 5.41) is 5.74. The average molecular weight is 529 g/mol. The summed E-state index contributed by atoms with van der Waals surface area (Å²) in [4.78, 5) is 23.7. The molecule has 0 heterocycles. The van der Waals surface area contributed by atoms with E-state index in [2.05, 4.69) is 24.5 Å². The Morgan fingerprint density at radius 3 is 1.56 bits per heavy atom. The molecule has 0 spiro atoms. The fourth-order valence-electron chi connectivity index (χ4n) is 3.32. The number of carbonyl (C=O) groups excluding carboxylic acids is 2. The summed E-state index contributed by atoms with van der Waals surface area (Å²) in [6.45, 7) is 7.53. The first kappa shape index (κ1) is 34.0. The van der Waals surface area contributed by atoms with Crippen molar-refractivity contribution in [1.29, 1.82) is 0 Å². The Kier molecular flexibility index (Phi) is 19.0. The minimum Gasteiger partial charge on any atom is -0.355 e. The van der Waals surface area contributed by atoms with Crippen molar-refractivity contribution in [1.82, 2.24) is 10.6 Å². The second kappa shape index (κ2) is 20.1. The molecule has 0 aliphatic rings. The molecule has 0 saturated carbocycles. The predicted molar refractivity (Wildman–Crippen MR) is 145 cm³/mol. The highest BCUT2D eigenvalue weighted by molar-refractivity contribution is 7.85. The van der Waals surface area contributed by atoms with Crippen molar-refractivity contribution in [2.45, 2.75) is 108 Å². The Balaban J connectivity index is 0.000000918. The van der Waals surface area contributed by atoms with Gasteiger partial charge in [0.05, 0.1) is 17.0 Å². The standard InChI is InChI=1S/C19H40N4O2.C7H8O3S/c1-3-5-7-9-14-22-18(24)16(20)12-11-13-17(21)19(25)23-15-10-8-6-4-2;1-6-2-4-7(5-3-6)11(8,9)10/h16-17H,3-15,20-21H2,1-2H3,(H,22,24)(H,23,25);2-5H,1H3,(H,8,9,10). The Bertz CT molecular complexity index is 799. The minimum atomic E-state index is -4.02. The minimum absolute atomic E-state index is 0.0666. The van der Waals surface area contributed by atoms with Gasteiger partial charge in [0, 0.05) is 13.1 Å². The van der Waals surface area contributed by atoms with E-state index in [1.807, 2.05) is 6.92 Å². The van der Waals surface area contributed by atoms with Gasteiger partial charge in [0.1, 0.15) is 0 Å². The number of unbranched alkanes of at least 4 members (excludes halogenated alkanes) is 6. The molecule has 9 nitrogen and oxygen atoms in total. The van der Waals surface area contributed by atoms with Gasteiger partial charge in [-0.15, -0.1) is 0 Å². The van der Waals surface area contributed by atoms with Gasteiger partial charge >= 0.3 is 0 Å². The molecule has 0 aromatic heterocycles. The van der Waals surface area contributed by atoms with Gasteiger partial charge in [0.2, 0.25) is 11.8 Å². The first-order valence-corrected chi connectivity index (χ1v) is 14.6. The third-order valence-corrected chi connectivity index (χ3v) is 6.55. The lowest BCUT2D eigenvalue weighted by Crippen LogP contribution is -2.42. The second-order valence-electron chi connectivity index (χ2n) is 9.14. The van der Waals surface area contributed by atoms with Crippen LogP contribution < -0.4 is 22.1 Å². The largest absolute Gasteiger partial charge is 0.355 e. The van der Waals surface area contributed by atoms with E-state index in [4.69, 9.17) is 16.0 Å². The quantitative estimate of drug-likeness (QED) is 0.153. The van der Waals surface area contributed by atoms with Crippen molar-refractivity contribution >= 4 is 21.9 Å². The van der Waals surface area contributed by atoms with E-state index in [1.165, 1.54) is 37.8 Å². The Morgan fingerprint density at radius 2 is 1.19 bits per heavy atom. The molecule has 1 aromatic rings. The molecule has 7 N–H and O–H groups in total. The summed E-state index contributed by atoms with van der Waals surface area (Å²) in [5.74, 6) is -0.212. The fraction of sp³-hybridized carbons (Fsp3) is 0.692. The van der Waals surface area contributed by atoms with Gasteiger partial charge in [-0.3, -0.25) is 14.1 Å². The summed E-state index contributed by atoms with van der Waals surface area (Å²) < 4.78 is 29.6. The van der Waals surface area contributed by atoms with Gasteiger partial charge in [-0.2, -0.15) is 8.42 Å². The monoisotopic (exact) mass is 528 g/mol. The number of benzene rings is 1.